The topological polar surface area (TPSA) is 45.7 Å². The summed E-state index contributed by atoms with van der Waals surface area (Å²) in [5, 5.41) is 4.48. The molecule has 5 heteroatoms. The Kier molecular flexibility index (Phi) is 6.04. The van der Waals surface area contributed by atoms with Crippen LogP contribution in [0.4, 0.5) is 14.5 Å². The lowest BCUT2D eigenvalue weighted by Crippen LogP contribution is -2.88. The van der Waals surface area contributed by atoms with E-state index in [1.54, 1.807) is 31.2 Å². The number of hydrogen-bond donors (Lipinski definition) is 2. The van der Waals surface area contributed by atoms with Gasteiger partial charge in [0, 0.05) is 11.5 Å². The Labute approximate surface area is 141 Å². The van der Waals surface area contributed by atoms with Crippen molar-refractivity contribution in [3.8, 4) is 0 Å². The van der Waals surface area contributed by atoms with Crippen molar-refractivity contribution in [1.82, 2.24) is 0 Å². The van der Waals surface area contributed by atoms with Gasteiger partial charge in [0.05, 0.1) is 5.69 Å². The summed E-state index contributed by atoms with van der Waals surface area (Å²) in [6.07, 6.45) is 0. The van der Waals surface area contributed by atoms with Gasteiger partial charge in [-0.2, -0.15) is 0 Å². The number of anilines is 1. The normalized spacial score (nSPS) is 12.2. The molecule has 0 aliphatic rings. The Morgan fingerprint density at radius 1 is 1.12 bits per heavy atom. The summed E-state index contributed by atoms with van der Waals surface area (Å²) >= 11 is 0. The summed E-state index contributed by atoms with van der Waals surface area (Å²) in [7, 11) is 0. The van der Waals surface area contributed by atoms with Crippen molar-refractivity contribution in [2.75, 3.05) is 11.9 Å². The molecule has 0 aromatic heterocycles. The van der Waals surface area contributed by atoms with Gasteiger partial charge in [0.15, 0.2) is 6.54 Å². The Morgan fingerprint density at radius 2 is 1.79 bits per heavy atom. The molecule has 0 fully saturated rings. The fourth-order valence-electron chi connectivity index (χ4n) is 2.63. The number of nitrogens with one attached hydrogen (secondary N) is 1. The van der Waals surface area contributed by atoms with Gasteiger partial charge in [-0.05, 0) is 36.8 Å². The molecule has 0 aliphatic heterocycles. The van der Waals surface area contributed by atoms with Crippen molar-refractivity contribution in [1.29, 1.82) is 0 Å². The van der Waals surface area contributed by atoms with E-state index in [0.29, 0.717) is 0 Å². The number of hydrogen-bond acceptors (Lipinski definition) is 1. The number of aryl methyl sites for hydroxylation is 1. The first kappa shape index (κ1) is 18.1. The van der Waals surface area contributed by atoms with E-state index in [4.69, 9.17) is 0 Å². The molecule has 0 aliphatic carbocycles. The van der Waals surface area contributed by atoms with Crippen molar-refractivity contribution >= 4 is 11.6 Å². The number of rotatable bonds is 6. The van der Waals surface area contributed by atoms with E-state index in [9.17, 15) is 13.6 Å². The Bertz CT molecular complexity index is 699. The van der Waals surface area contributed by atoms with Crippen LogP contribution >= 0.6 is 0 Å². The lowest BCUT2D eigenvalue weighted by Gasteiger charge is -2.19. The van der Waals surface area contributed by atoms with Crippen molar-refractivity contribution < 1.29 is 18.9 Å². The molecule has 2 rings (SSSR count). The molecular weight excluding hydrogens is 310 g/mol. The van der Waals surface area contributed by atoms with E-state index < -0.39 is 5.82 Å². The minimum atomic E-state index is -0.442. The van der Waals surface area contributed by atoms with Gasteiger partial charge in [-0.3, -0.25) is 4.79 Å². The maximum Gasteiger partial charge on any atom is 0.279 e. The standard InChI is InChI=1S/C19H22F2N2O/c1-12(2)19(14-5-7-15(20)8-6-14)22-11-18(24)23-17-9-4-13(3)10-16(17)21/h4-10,12,19,22H,11H2,1-3H3,(H,23,24)/p+1/t19-/m1/s1. The van der Waals surface area contributed by atoms with Crippen molar-refractivity contribution in [2.24, 2.45) is 5.92 Å². The van der Waals surface area contributed by atoms with E-state index in [-0.39, 0.29) is 35.9 Å². The average Bonchev–Trinajstić information content (AvgIpc) is 2.52. The molecule has 1 atom stereocenters. The summed E-state index contributed by atoms with van der Waals surface area (Å²) in [5.41, 5.74) is 1.94. The van der Waals surface area contributed by atoms with E-state index in [1.807, 2.05) is 19.2 Å². The van der Waals surface area contributed by atoms with E-state index in [1.165, 1.54) is 18.2 Å². The third-order valence-electron chi connectivity index (χ3n) is 3.93. The number of amides is 1. The Hall–Kier alpha value is -2.27. The lowest BCUT2D eigenvalue weighted by molar-refractivity contribution is -0.692. The van der Waals surface area contributed by atoms with Crippen LogP contribution in [-0.2, 0) is 4.79 Å². The van der Waals surface area contributed by atoms with Crippen LogP contribution in [0.2, 0.25) is 0 Å². The van der Waals surface area contributed by atoms with Crippen LogP contribution in [-0.4, -0.2) is 12.5 Å². The zero-order valence-corrected chi connectivity index (χ0v) is 14.1. The van der Waals surface area contributed by atoms with Crippen molar-refractivity contribution in [3.63, 3.8) is 0 Å². The minimum absolute atomic E-state index is 0.0271. The zero-order chi connectivity index (χ0) is 17.7. The molecule has 0 saturated carbocycles. The zero-order valence-electron chi connectivity index (χ0n) is 14.1. The predicted octanol–water partition coefficient (Wildman–Crippen LogP) is 3.17. The van der Waals surface area contributed by atoms with Crippen LogP contribution in [0.15, 0.2) is 42.5 Å². The quantitative estimate of drug-likeness (QED) is 0.838. The van der Waals surface area contributed by atoms with Gasteiger partial charge in [-0.15, -0.1) is 0 Å². The smallest absolute Gasteiger partial charge is 0.279 e. The summed E-state index contributed by atoms with van der Waals surface area (Å²) in [4.78, 5) is 12.1. The SMILES string of the molecule is Cc1ccc(NC(=O)C[NH2+][C@@H](c2ccc(F)cc2)C(C)C)c(F)c1. The third-order valence-corrected chi connectivity index (χ3v) is 3.93. The highest BCUT2D eigenvalue weighted by Crippen LogP contribution is 2.18. The first-order chi connectivity index (χ1) is 11.4. The molecule has 3 nitrogen and oxygen atoms in total. The van der Waals surface area contributed by atoms with Crippen LogP contribution in [0.5, 0.6) is 0 Å². The molecule has 1 amide bonds. The number of carbonyl (C=O) groups is 1. The molecule has 0 unspecified atom stereocenters. The minimum Gasteiger partial charge on any atom is -0.332 e. The summed E-state index contributed by atoms with van der Waals surface area (Å²) in [5.74, 6) is -0.735. The highest BCUT2D eigenvalue weighted by Gasteiger charge is 2.20. The number of halogens is 2. The number of quaternary nitrogens is 1. The summed E-state index contributed by atoms with van der Waals surface area (Å²) < 4.78 is 26.8. The molecule has 0 saturated heterocycles. The Balaban J connectivity index is 1.98. The van der Waals surface area contributed by atoms with Crippen LogP contribution in [0.3, 0.4) is 0 Å². The Morgan fingerprint density at radius 3 is 2.38 bits per heavy atom. The molecule has 0 radical (unpaired) electrons. The maximum absolute atomic E-state index is 13.8. The predicted molar refractivity (Wildman–Crippen MR) is 90.5 cm³/mol. The van der Waals surface area contributed by atoms with Gasteiger partial charge in [-0.25, -0.2) is 8.78 Å². The van der Waals surface area contributed by atoms with Crippen molar-refractivity contribution in [3.05, 3.63) is 65.2 Å². The molecule has 2 aromatic carbocycles. The van der Waals surface area contributed by atoms with E-state index in [0.717, 1.165) is 11.1 Å². The monoisotopic (exact) mass is 333 g/mol. The van der Waals surface area contributed by atoms with E-state index in [2.05, 4.69) is 5.32 Å². The maximum atomic E-state index is 13.8. The van der Waals surface area contributed by atoms with Crippen LogP contribution in [0.1, 0.15) is 31.0 Å². The molecule has 3 N–H and O–H groups in total. The second kappa shape index (κ2) is 8.02. The highest BCUT2D eigenvalue weighted by atomic mass is 19.1. The second-order valence-corrected chi connectivity index (χ2v) is 6.29. The van der Waals surface area contributed by atoms with Gasteiger partial charge in [0.2, 0.25) is 0 Å². The first-order valence-electron chi connectivity index (χ1n) is 8.01. The number of nitrogens with two attached hydrogens (primary N) is 1. The number of carbonyl (C=O) groups excluding carboxylic acids is 1. The van der Waals surface area contributed by atoms with Gasteiger partial charge >= 0.3 is 0 Å². The van der Waals surface area contributed by atoms with Gasteiger partial charge < -0.3 is 10.6 Å². The van der Waals surface area contributed by atoms with Crippen molar-refractivity contribution in [2.45, 2.75) is 26.8 Å². The molecule has 0 heterocycles. The van der Waals surface area contributed by atoms with Crippen LogP contribution in [0, 0.1) is 24.5 Å². The largest absolute Gasteiger partial charge is 0.332 e. The second-order valence-electron chi connectivity index (χ2n) is 6.29. The molecule has 0 spiro atoms. The van der Waals surface area contributed by atoms with Gasteiger partial charge in [-0.1, -0.05) is 32.0 Å². The first-order valence-corrected chi connectivity index (χ1v) is 8.01. The van der Waals surface area contributed by atoms with Gasteiger partial charge in [0.25, 0.3) is 5.91 Å². The molecule has 128 valence electrons. The van der Waals surface area contributed by atoms with Gasteiger partial charge in [0.1, 0.15) is 17.7 Å². The lowest BCUT2D eigenvalue weighted by atomic mass is 9.96. The fourth-order valence-corrected chi connectivity index (χ4v) is 2.63. The summed E-state index contributed by atoms with van der Waals surface area (Å²) in [6, 6.07) is 11.0. The highest BCUT2D eigenvalue weighted by molar-refractivity contribution is 5.91. The fraction of sp³-hybridized carbons (Fsp3) is 0.316. The number of benzene rings is 2. The molecule has 0 bridgehead atoms. The average molecular weight is 333 g/mol. The molecule has 24 heavy (non-hydrogen) atoms. The third kappa shape index (κ3) is 4.86. The summed E-state index contributed by atoms with van der Waals surface area (Å²) in [6.45, 7) is 6.04. The molecular formula is C19H23F2N2O+. The molecule has 2 aromatic rings. The van der Waals surface area contributed by atoms with Crippen LogP contribution < -0.4 is 10.6 Å². The van der Waals surface area contributed by atoms with Crippen LogP contribution in [0.25, 0.3) is 0 Å². The van der Waals surface area contributed by atoms with E-state index >= 15 is 0 Å².